The van der Waals surface area contributed by atoms with Crippen LogP contribution in [0.4, 0.5) is 4.39 Å². The molecule has 0 aliphatic heterocycles. The molecule has 0 saturated carbocycles. The third kappa shape index (κ3) is 3.15. The lowest BCUT2D eigenvalue weighted by molar-refractivity contribution is 0.101. The summed E-state index contributed by atoms with van der Waals surface area (Å²) in [5.41, 5.74) is 0.958. The van der Waals surface area contributed by atoms with Gasteiger partial charge in [0.2, 0.25) is 0 Å². The molecule has 0 amide bonds. The van der Waals surface area contributed by atoms with Gasteiger partial charge in [0, 0.05) is 6.07 Å². The molecule has 0 aliphatic carbocycles. The molecule has 20 heavy (non-hydrogen) atoms. The number of Topliss-reactive ketones (excluding diaryl/α,β-unsaturated/α-hetero) is 1. The molecule has 0 unspecified atom stereocenters. The number of methoxy groups -OCH3 is 1. The number of carbonyl (C=O) groups excluding carboxylic acids is 1. The second-order valence-corrected chi connectivity index (χ2v) is 4.31. The Hall–Kier alpha value is -2.36. The van der Waals surface area contributed by atoms with Gasteiger partial charge in [0.05, 0.1) is 12.7 Å². The molecular formula is C16H15FO3. The lowest BCUT2D eigenvalue weighted by atomic mass is 10.1. The van der Waals surface area contributed by atoms with Crippen molar-refractivity contribution in [3.8, 4) is 11.5 Å². The topological polar surface area (TPSA) is 35.5 Å². The van der Waals surface area contributed by atoms with E-state index in [1.54, 1.807) is 0 Å². The lowest BCUT2D eigenvalue weighted by Gasteiger charge is -2.12. The van der Waals surface area contributed by atoms with Crippen LogP contribution in [0.1, 0.15) is 22.8 Å². The lowest BCUT2D eigenvalue weighted by Crippen LogP contribution is -2.02. The van der Waals surface area contributed by atoms with Gasteiger partial charge in [-0.15, -0.1) is 0 Å². The summed E-state index contributed by atoms with van der Waals surface area (Å²) < 4.78 is 24.5. The van der Waals surface area contributed by atoms with Crippen molar-refractivity contribution in [3.05, 3.63) is 59.4 Å². The number of benzene rings is 2. The van der Waals surface area contributed by atoms with E-state index in [0.29, 0.717) is 12.4 Å². The van der Waals surface area contributed by atoms with Gasteiger partial charge in [-0.3, -0.25) is 4.79 Å². The van der Waals surface area contributed by atoms with E-state index < -0.39 is 5.82 Å². The summed E-state index contributed by atoms with van der Waals surface area (Å²) in [6, 6.07) is 12.1. The average molecular weight is 274 g/mol. The largest absolute Gasteiger partial charge is 0.493 e. The molecule has 0 fully saturated rings. The second kappa shape index (κ2) is 6.19. The zero-order chi connectivity index (χ0) is 14.5. The van der Waals surface area contributed by atoms with Crippen molar-refractivity contribution < 1.29 is 18.7 Å². The van der Waals surface area contributed by atoms with Crippen molar-refractivity contribution in [2.45, 2.75) is 13.5 Å². The van der Waals surface area contributed by atoms with Crippen LogP contribution in [0.25, 0.3) is 0 Å². The zero-order valence-electron chi connectivity index (χ0n) is 11.4. The van der Waals surface area contributed by atoms with Crippen LogP contribution in [0, 0.1) is 5.82 Å². The maximum Gasteiger partial charge on any atom is 0.164 e. The van der Waals surface area contributed by atoms with Crippen molar-refractivity contribution in [1.82, 2.24) is 0 Å². The summed E-state index contributed by atoms with van der Waals surface area (Å²) in [6.45, 7) is 1.61. The fraction of sp³-hybridized carbons (Fsp3) is 0.188. The summed E-state index contributed by atoms with van der Waals surface area (Å²) in [5.74, 6) is -0.344. The highest BCUT2D eigenvalue weighted by molar-refractivity contribution is 5.95. The fourth-order valence-electron chi connectivity index (χ4n) is 1.81. The molecule has 0 atom stereocenters. The number of rotatable bonds is 5. The van der Waals surface area contributed by atoms with E-state index in [1.165, 1.54) is 26.2 Å². The van der Waals surface area contributed by atoms with Crippen LogP contribution in [0.15, 0.2) is 42.5 Å². The molecular weight excluding hydrogens is 259 g/mol. The van der Waals surface area contributed by atoms with Gasteiger partial charge >= 0.3 is 0 Å². The Balaban J connectivity index is 2.23. The molecule has 0 heterocycles. The number of hydrogen-bond donors (Lipinski definition) is 0. The van der Waals surface area contributed by atoms with Gasteiger partial charge in [-0.2, -0.15) is 0 Å². The second-order valence-electron chi connectivity index (χ2n) is 4.31. The maximum absolute atomic E-state index is 13.8. The summed E-state index contributed by atoms with van der Waals surface area (Å²) in [5, 5.41) is 0. The van der Waals surface area contributed by atoms with Crippen LogP contribution in [-0.4, -0.2) is 12.9 Å². The monoisotopic (exact) mass is 274 g/mol. The Morgan fingerprint density at radius 2 is 1.85 bits per heavy atom. The third-order valence-electron chi connectivity index (χ3n) is 2.87. The van der Waals surface area contributed by atoms with E-state index >= 15 is 0 Å². The SMILES string of the molecule is COc1cc(C(C)=O)c(F)cc1OCc1ccccc1. The molecule has 0 radical (unpaired) electrons. The van der Waals surface area contributed by atoms with Crippen molar-refractivity contribution in [1.29, 1.82) is 0 Å². The first-order chi connectivity index (χ1) is 9.61. The van der Waals surface area contributed by atoms with Gasteiger partial charge in [-0.1, -0.05) is 30.3 Å². The first kappa shape index (κ1) is 14.1. The molecule has 2 aromatic carbocycles. The molecule has 0 spiro atoms. The van der Waals surface area contributed by atoms with Crippen molar-refractivity contribution in [2.24, 2.45) is 0 Å². The Kier molecular flexibility index (Phi) is 4.35. The van der Waals surface area contributed by atoms with Crippen LogP contribution < -0.4 is 9.47 Å². The van der Waals surface area contributed by atoms with Crippen LogP contribution in [0.2, 0.25) is 0 Å². The van der Waals surface area contributed by atoms with Crippen LogP contribution in [0.3, 0.4) is 0 Å². The Bertz CT molecular complexity index is 609. The van der Waals surface area contributed by atoms with Gasteiger partial charge < -0.3 is 9.47 Å². The predicted molar refractivity (Wildman–Crippen MR) is 73.7 cm³/mol. The molecule has 0 aromatic heterocycles. The summed E-state index contributed by atoms with van der Waals surface area (Å²) in [6.07, 6.45) is 0. The Morgan fingerprint density at radius 1 is 1.15 bits per heavy atom. The van der Waals surface area contributed by atoms with Gasteiger partial charge in [0.1, 0.15) is 12.4 Å². The highest BCUT2D eigenvalue weighted by Crippen LogP contribution is 2.31. The standard InChI is InChI=1S/C16H15FO3/c1-11(18)13-8-15(19-2)16(9-14(13)17)20-10-12-6-4-3-5-7-12/h3-9H,10H2,1-2H3. The number of carbonyl (C=O) groups is 1. The molecule has 0 N–H and O–H groups in total. The van der Waals surface area contributed by atoms with Gasteiger partial charge in [0.25, 0.3) is 0 Å². The third-order valence-corrected chi connectivity index (χ3v) is 2.87. The maximum atomic E-state index is 13.8. The van der Waals surface area contributed by atoms with Crippen LogP contribution in [0.5, 0.6) is 11.5 Å². The quantitative estimate of drug-likeness (QED) is 0.781. The van der Waals surface area contributed by atoms with E-state index in [9.17, 15) is 9.18 Å². The summed E-state index contributed by atoms with van der Waals surface area (Å²) in [7, 11) is 1.45. The van der Waals surface area contributed by atoms with Gasteiger partial charge in [-0.05, 0) is 18.6 Å². The molecule has 3 nitrogen and oxygen atoms in total. The van der Waals surface area contributed by atoms with Crippen LogP contribution in [-0.2, 0) is 6.61 Å². The highest BCUT2D eigenvalue weighted by Gasteiger charge is 2.14. The normalized spacial score (nSPS) is 10.2. The minimum Gasteiger partial charge on any atom is -0.493 e. The molecule has 4 heteroatoms. The summed E-state index contributed by atoms with van der Waals surface area (Å²) in [4.78, 5) is 11.3. The van der Waals surface area contributed by atoms with E-state index in [4.69, 9.17) is 9.47 Å². The van der Waals surface area contributed by atoms with Gasteiger partial charge in [0.15, 0.2) is 17.3 Å². The summed E-state index contributed by atoms with van der Waals surface area (Å²) >= 11 is 0. The predicted octanol–water partition coefficient (Wildman–Crippen LogP) is 3.62. The average Bonchev–Trinajstić information content (AvgIpc) is 2.46. The van der Waals surface area contributed by atoms with Crippen molar-refractivity contribution in [3.63, 3.8) is 0 Å². The smallest absolute Gasteiger partial charge is 0.164 e. The molecule has 0 aliphatic rings. The van der Waals surface area contributed by atoms with Gasteiger partial charge in [-0.25, -0.2) is 4.39 Å². The Labute approximate surface area is 117 Å². The van der Waals surface area contributed by atoms with Crippen molar-refractivity contribution in [2.75, 3.05) is 7.11 Å². The molecule has 2 aromatic rings. The minimum absolute atomic E-state index is 0.00564. The number of ketones is 1. The molecule has 0 saturated heterocycles. The molecule has 104 valence electrons. The van der Waals surface area contributed by atoms with Crippen molar-refractivity contribution >= 4 is 5.78 Å². The highest BCUT2D eigenvalue weighted by atomic mass is 19.1. The van der Waals surface area contributed by atoms with E-state index in [2.05, 4.69) is 0 Å². The fourth-order valence-corrected chi connectivity index (χ4v) is 1.81. The molecule has 0 bridgehead atoms. The van der Waals surface area contributed by atoms with E-state index in [1.807, 2.05) is 30.3 Å². The Morgan fingerprint density at radius 3 is 2.45 bits per heavy atom. The minimum atomic E-state index is -0.610. The first-order valence-electron chi connectivity index (χ1n) is 6.17. The van der Waals surface area contributed by atoms with E-state index in [0.717, 1.165) is 5.56 Å². The first-order valence-corrected chi connectivity index (χ1v) is 6.17. The van der Waals surface area contributed by atoms with E-state index in [-0.39, 0.29) is 17.1 Å². The van der Waals surface area contributed by atoms with Crippen LogP contribution >= 0.6 is 0 Å². The molecule has 2 rings (SSSR count). The number of hydrogen-bond acceptors (Lipinski definition) is 3. The number of halogens is 1. The zero-order valence-corrected chi connectivity index (χ0v) is 11.4. The number of ether oxygens (including phenoxy) is 2.